The predicted molar refractivity (Wildman–Crippen MR) is 117 cm³/mol. The molecule has 1 aromatic rings. The molecule has 0 amide bonds. The summed E-state index contributed by atoms with van der Waals surface area (Å²) in [5, 5.41) is 3.21. The number of carbonyl (C=O) groups excluding carboxylic acids is 3. The molecule has 8 heteroatoms. The van der Waals surface area contributed by atoms with E-state index in [0.29, 0.717) is 24.2 Å². The third-order valence-electron chi connectivity index (χ3n) is 6.13. The number of hydrogen-bond acceptors (Lipinski definition) is 6. The standard InChI is InChI=1S/C24H27ClFNO5/c1-6-12(3)32-24(30)18-13(4)27-16-10-11(2)17(23(29)31-5)22(28)20(16)21(18)19-14(25)8-7-9-15(19)26/h7-9,11-12,17,21,27H,6,10H2,1-5H3/t11-,12+,17+,21-/m0/s1. The number of allylic oxidation sites excluding steroid dienone is 3. The average Bonchev–Trinajstić information content (AvgIpc) is 2.72. The van der Waals surface area contributed by atoms with Crippen molar-refractivity contribution in [2.75, 3.05) is 7.11 Å². The maximum atomic E-state index is 15.1. The molecule has 1 heterocycles. The molecular formula is C24H27ClFNO5. The van der Waals surface area contributed by atoms with E-state index >= 15 is 4.39 Å². The fourth-order valence-corrected chi connectivity index (χ4v) is 4.63. The Morgan fingerprint density at radius 2 is 2.03 bits per heavy atom. The van der Waals surface area contributed by atoms with Gasteiger partial charge in [-0.3, -0.25) is 9.59 Å². The van der Waals surface area contributed by atoms with E-state index in [-0.39, 0.29) is 33.8 Å². The summed E-state index contributed by atoms with van der Waals surface area (Å²) in [5.74, 6) is -4.99. The second-order valence-electron chi connectivity index (χ2n) is 8.29. The zero-order chi connectivity index (χ0) is 23.7. The molecule has 1 N–H and O–H groups in total. The van der Waals surface area contributed by atoms with E-state index in [2.05, 4.69) is 5.32 Å². The third-order valence-corrected chi connectivity index (χ3v) is 6.46. The molecule has 0 bridgehead atoms. The van der Waals surface area contributed by atoms with Crippen LogP contribution in [0.1, 0.15) is 52.0 Å². The molecule has 0 radical (unpaired) electrons. The van der Waals surface area contributed by atoms with E-state index in [9.17, 15) is 14.4 Å². The van der Waals surface area contributed by atoms with Gasteiger partial charge in [0, 0.05) is 27.6 Å². The van der Waals surface area contributed by atoms with Crippen molar-refractivity contribution < 1.29 is 28.2 Å². The highest BCUT2D eigenvalue weighted by Crippen LogP contribution is 2.47. The molecule has 4 atom stereocenters. The van der Waals surface area contributed by atoms with E-state index in [1.165, 1.54) is 25.3 Å². The minimum Gasteiger partial charge on any atom is -0.468 e. The Morgan fingerprint density at radius 1 is 1.34 bits per heavy atom. The molecule has 32 heavy (non-hydrogen) atoms. The third kappa shape index (κ3) is 4.18. The number of methoxy groups -OCH3 is 1. The summed E-state index contributed by atoms with van der Waals surface area (Å²) < 4.78 is 25.5. The number of nitrogens with one attached hydrogen (secondary N) is 1. The summed E-state index contributed by atoms with van der Waals surface area (Å²) in [6, 6.07) is 4.18. The van der Waals surface area contributed by atoms with Gasteiger partial charge in [0.15, 0.2) is 5.78 Å². The lowest BCUT2D eigenvalue weighted by molar-refractivity contribution is -0.151. The smallest absolute Gasteiger partial charge is 0.337 e. The first-order chi connectivity index (χ1) is 15.1. The average molecular weight is 464 g/mol. The fourth-order valence-electron chi connectivity index (χ4n) is 4.36. The highest BCUT2D eigenvalue weighted by Gasteiger charge is 2.48. The number of halogens is 2. The van der Waals surface area contributed by atoms with Crippen LogP contribution in [0.25, 0.3) is 0 Å². The number of rotatable bonds is 5. The number of Topliss-reactive ketones (excluding diaryl/α,β-unsaturated/α-hetero) is 1. The topological polar surface area (TPSA) is 81.7 Å². The molecular weight excluding hydrogens is 437 g/mol. The zero-order valence-corrected chi connectivity index (χ0v) is 19.5. The fraction of sp³-hybridized carbons (Fsp3) is 0.458. The predicted octanol–water partition coefficient (Wildman–Crippen LogP) is 4.43. The van der Waals surface area contributed by atoms with Gasteiger partial charge in [-0.15, -0.1) is 0 Å². The van der Waals surface area contributed by atoms with Gasteiger partial charge in [-0.05, 0) is 44.7 Å². The Bertz CT molecular complexity index is 1010. The maximum Gasteiger partial charge on any atom is 0.337 e. The van der Waals surface area contributed by atoms with Gasteiger partial charge in [0.25, 0.3) is 0 Å². The van der Waals surface area contributed by atoms with Gasteiger partial charge in [0.1, 0.15) is 11.7 Å². The Hall–Kier alpha value is -2.67. The number of ketones is 1. The van der Waals surface area contributed by atoms with Crippen LogP contribution in [-0.4, -0.2) is 30.9 Å². The molecule has 0 spiro atoms. The molecule has 1 aliphatic heterocycles. The van der Waals surface area contributed by atoms with Crippen molar-refractivity contribution in [1.29, 1.82) is 0 Å². The number of hydrogen-bond donors (Lipinski definition) is 1. The molecule has 6 nitrogen and oxygen atoms in total. The number of benzene rings is 1. The minimum absolute atomic E-state index is 0.00476. The molecule has 2 aliphatic rings. The van der Waals surface area contributed by atoms with E-state index in [1.54, 1.807) is 20.8 Å². The summed E-state index contributed by atoms with van der Waals surface area (Å²) in [7, 11) is 1.22. The number of carbonyl (C=O) groups is 3. The lowest BCUT2D eigenvalue weighted by atomic mass is 9.69. The van der Waals surface area contributed by atoms with Crippen molar-refractivity contribution >= 4 is 29.3 Å². The van der Waals surface area contributed by atoms with Crippen LogP contribution >= 0.6 is 11.6 Å². The van der Waals surface area contributed by atoms with Gasteiger partial charge in [-0.1, -0.05) is 31.5 Å². The Balaban J connectivity index is 2.23. The van der Waals surface area contributed by atoms with E-state index in [0.717, 1.165) is 0 Å². The summed E-state index contributed by atoms with van der Waals surface area (Å²) in [6.45, 7) is 7.08. The van der Waals surface area contributed by atoms with Crippen molar-refractivity contribution in [3.8, 4) is 0 Å². The van der Waals surface area contributed by atoms with Crippen LogP contribution in [-0.2, 0) is 23.9 Å². The molecule has 0 saturated carbocycles. The zero-order valence-electron chi connectivity index (χ0n) is 18.8. The van der Waals surface area contributed by atoms with Crippen LogP contribution in [0, 0.1) is 17.7 Å². The van der Waals surface area contributed by atoms with Crippen molar-refractivity contribution in [1.82, 2.24) is 5.32 Å². The monoisotopic (exact) mass is 463 g/mol. The second kappa shape index (κ2) is 9.45. The molecule has 172 valence electrons. The molecule has 1 aromatic carbocycles. The highest BCUT2D eigenvalue weighted by molar-refractivity contribution is 6.31. The Morgan fingerprint density at radius 3 is 2.62 bits per heavy atom. The van der Waals surface area contributed by atoms with Crippen molar-refractivity contribution in [3.63, 3.8) is 0 Å². The van der Waals surface area contributed by atoms with Crippen LogP contribution in [0.2, 0.25) is 5.02 Å². The quantitative estimate of drug-likeness (QED) is 0.513. The molecule has 0 unspecified atom stereocenters. The first-order valence-electron chi connectivity index (χ1n) is 10.6. The Kier molecular flexibility index (Phi) is 7.08. The van der Waals surface area contributed by atoms with E-state index in [1.807, 2.05) is 6.92 Å². The van der Waals surface area contributed by atoms with Crippen molar-refractivity contribution in [3.05, 3.63) is 57.1 Å². The first kappa shape index (κ1) is 24.0. The van der Waals surface area contributed by atoms with Crippen LogP contribution < -0.4 is 5.32 Å². The molecule has 3 rings (SSSR count). The van der Waals surface area contributed by atoms with Crippen molar-refractivity contribution in [2.24, 2.45) is 11.8 Å². The second-order valence-corrected chi connectivity index (χ2v) is 8.70. The molecule has 0 aromatic heterocycles. The minimum atomic E-state index is -1.11. The summed E-state index contributed by atoms with van der Waals surface area (Å²) in [6.07, 6.45) is 0.569. The first-order valence-corrected chi connectivity index (χ1v) is 11.0. The van der Waals surface area contributed by atoms with Gasteiger partial charge >= 0.3 is 11.9 Å². The summed E-state index contributed by atoms with van der Waals surface area (Å²) in [5.41, 5.74) is 1.25. The van der Waals surface area contributed by atoms with Crippen molar-refractivity contribution in [2.45, 2.75) is 52.6 Å². The van der Waals surface area contributed by atoms with E-state index in [4.69, 9.17) is 21.1 Å². The molecule has 0 fully saturated rings. The molecule has 0 saturated heterocycles. The Labute approximate surface area is 191 Å². The molecule has 1 aliphatic carbocycles. The maximum absolute atomic E-state index is 15.1. The lowest BCUT2D eigenvalue weighted by Gasteiger charge is -2.38. The summed E-state index contributed by atoms with van der Waals surface area (Å²) in [4.78, 5) is 39.2. The normalized spacial score (nSPS) is 24.0. The van der Waals surface area contributed by atoms with E-state index < -0.39 is 35.4 Å². The van der Waals surface area contributed by atoms with Gasteiger partial charge in [0.05, 0.1) is 24.7 Å². The van der Waals surface area contributed by atoms with Gasteiger partial charge < -0.3 is 14.8 Å². The highest BCUT2D eigenvalue weighted by atomic mass is 35.5. The number of dihydropyridines is 1. The van der Waals surface area contributed by atoms with Crippen LogP contribution in [0.4, 0.5) is 4.39 Å². The van der Waals surface area contributed by atoms with Crippen LogP contribution in [0.5, 0.6) is 0 Å². The van der Waals surface area contributed by atoms with Crippen LogP contribution in [0.15, 0.2) is 40.7 Å². The summed E-state index contributed by atoms with van der Waals surface area (Å²) >= 11 is 6.39. The number of esters is 2. The van der Waals surface area contributed by atoms with Gasteiger partial charge in [-0.25, -0.2) is 9.18 Å². The number of ether oxygens (including phenoxy) is 2. The lowest BCUT2D eigenvalue weighted by Crippen LogP contribution is -2.43. The van der Waals surface area contributed by atoms with Crippen LogP contribution in [0.3, 0.4) is 0 Å². The largest absolute Gasteiger partial charge is 0.468 e. The SMILES string of the molecule is CC[C@@H](C)OC(=O)C1=C(C)NC2=C(C(=O)[C@H](C(=O)OC)[C@@H](C)C2)[C@@H]1c1c(F)cccc1Cl. The van der Waals surface area contributed by atoms with Gasteiger partial charge in [0.2, 0.25) is 0 Å². The van der Waals surface area contributed by atoms with Gasteiger partial charge in [-0.2, -0.15) is 0 Å².